The molecule has 2 aliphatic heterocycles. The number of nitrogens with zero attached hydrogens (tertiary/aromatic N) is 4. The number of halogens is 1. The number of piperazine rings is 1. The molecule has 0 bridgehead atoms. The highest BCUT2D eigenvalue weighted by atomic mass is 35.5. The quantitative estimate of drug-likeness (QED) is 0.616. The van der Waals surface area contributed by atoms with Gasteiger partial charge >= 0.3 is 0 Å². The van der Waals surface area contributed by atoms with Crippen molar-refractivity contribution in [1.29, 1.82) is 0 Å². The molecule has 1 aromatic carbocycles. The molecular weight excluding hydrogens is 292 g/mol. The summed E-state index contributed by atoms with van der Waals surface area (Å²) in [5.74, 6) is 0.835. The van der Waals surface area contributed by atoms with Crippen molar-refractivity contribution in [2.24, 2.45) is 10.1 Å². The fourth-order valence-electron chi connectivity index (χ4n) is 2.54. The van der Waals surface area contributed by atoms with Gasteiger partial charge in [0, 0.05) is 11.4 Å². The lowest BCUT2D eigenvalue weighted by Crippen LogP contribution is -2.57. The highest BCUT2D eigenvalue weighted by Crippen LogP contribution is 2.22. The molecule has 4 nitrogen and oxygen atoms in total. The van der Waals surface area contributed by atoms with E-state index in [2.05, 4.69) is 16.9 Å². The molecule has 0 unspecified atom stereocenters. The number of amidine groups is 2. The second-order valence-electron chi connectivity index (χ2n) is 5.39. The molecule has 0 saturated carbocycles. The number of rotatable bonds is 2. The molecule has 1 saturated heterocycles. The van der Waals surface area contributed by atoms with Crippen molar-refractivity contribution in [2.75, 3.05) is 33.2 Å². The van der Waals surface area contributed by atoms with E-state index in [1.165, 1.54) is 0 Å². The Morgan fingerprint density at radius 2 is 1.90 bits per heavy atom. The van der Waals surface area contributed by atoms with Crippen LogP contribution in [0.15, 0.2) is 34.4 Å². The Morgan fingerprint density at radius 1 is 1.25 bits per heavy atom. The molecule has 2 heterocycles. The largest absolute Gasteiger partial charge is 0.697 e. The Morgan fingerprint density at radius 3 is 2.55 bits per heavy atom. The summed E-state index contributed by atoms with van der Waals surface area (Å²) in [6.45, 7) is 3.85. The second kappa shape index (κ2) is 5.41. The van der Waals surface area contributed by atoms with Crippen LogP contribution in [0.1, 0.15) is 5.56 Å². The average molecular weight is 309 g/mol. The van der Waals surface area contributed by atoms with Gasteiger partial charge in [0.1, 0.15) is 18.3 Å². The lowest BCUT2D eigenvalue weighted by molar-refractivity contribution is -0.847. The number of aliphatic imine (C=N–C) groups is 1. The topological polar surface area (TPSA) is 28.0 Å². The third-order valence-corrected chi connectivity index (χ3v) is 4.55. The lowest BCUT2D eigenvalue weighted by atomic mass is 10.1. The molecule has 0 radical (unpaired) electrons. The second-order valence-corrected chi connectivity index (χ2v) is 6.19. The Hall–Kier alpha value is -1.01. The molecule has 0 N–H and O–H groups in total. The molecule has 0 amide bonds. The van der Waals surface area contributed by atoms with Crippen molar-refractivity contribution < 1.29 is 4.59 Å². The summed E-state index contributed by atoms with van der Waals surface area (Å²) in [7, 11) is 2.13. The minimum atomic E-state index is 0.516. The van der Waals surface area contributed by atoms with Gasteiger partial charge in [0.15, 0.2) is 5.84 Å². The molecule has 0 aromatic heterocycles. The van der Waals surface area contributed by atoms with E-state index in [9.17, 15) is 0 Å². The minimum Gasteiger partial charge on any atom is -0.697 e. The number of hydrogen-bond acceptors (Lipinski definition) is 4. The third-order valence-electron chi connectivity index (χ3n) is 3.87. The van der Waals surface area contributed by atoms with Crippen LogP contribution in [0.25, 0.3) is 0 Å². The van der Waals surface area contributed by atoms with Crippen LogP contribution >= 0.6 is 11.6 Å². The normalized spacial score (nSPS) is 21.9. The predicted molar refractivity (Wildman–Crippen MR) is 84.9 cm³/mol. The summed E-state index contributed by atoms with van der Waals surface area (Å²) >= 11 is 11.4. The van der Waals surface area contributed by atoms with Crippen molar-refractivity contribution in [3.63, 3.8) is 0 Å². The zero-order chi connectivity index (χ0) is 14.2. The molecule has 1 aromatic rings. The van der Waals surface area contributed by atoms with Crippen LogP contribution in [-0.4, -0.2) is 53.7 Å². The summed E-state index contributed by atoms with van der Waals surface area (Å²) < 4.78 is 0.516. The van der Waals surface area contributed by atoms with Crippen LogP contribution in [0.3, 0.4) is 0 Å². The molecule has 0 atom stereocenters. The standard InChI is InChI=1S/C14H17ClN4S/c1-18-6-8-19(9-7-18)14(20)16-13(17-19)10-11-2-4-12(15)5-3-11/h2-5H,6-10H2,1H3. The molecule has 0 aliphatic carbocycles. The minimum absolute atomic E-state index is 0.516. The Bertz CT molecular complexity index is 559. The van der Waals surface area contributed by atoms with E-state index in [-0.39, 0.29) is 0 Å². The van der Waals surface area contributed by atoms with Crippen molar-refractivity contribution in [1.82, 2.24) is 4.90 Å². The molecule has 3 rings (SSSR count). The smallest absolute Gasteiger partial charge is 0.192 e. The van der Waals surface area contributed by atoms with E-state index in [0.717, 1.165) is 42.6 Å². The lowest BCUT2D eigenvalue weighted by Gasteiger charge is -2.38. The van der Waals surface area contributed by atoms with Crippen molar-refractivity contribution in [3.05, 3.63) is 34.9 Å². The van der Waals surface area contributed by atoms with Crippen LogP contribution in [0.5, 0.6) is 0 Å². The predicted octanol–water partition coefficient (Wildman–Crippen LogP) is 1.87. The Balaban J connectivity index is 1.77. The van der Waals surface area contributed by atoms with E-state index >= 15 is 0 Å². The number of quaternary nitrogens is 1. The molecule has 2 aliphatic rings. The molecule has 6 heteroatoms. The number of hydrogen-bond donors (Lipinski definition) is 0. The van der Waals surface area contributed by atoms with Gasteiger partial charge in [0.2, 0.25) is 0 Å². The summed E-state index contributed by atoms with van der Waals surface area (Å²) in [6, 6.07) is 7.81. The van der Waals surface area contributed by atoms with Gasteiger partial charge in [-0.2, -0.15) is 9.58 Å². The molecule has 106 valence electrons. The van der Waals surface area contributed by atoms with E-state index in [1.54, 1.807) is 0 Å². The summed E-state index contributed by atoms with van der Waals surface area (Å²) in [6.07, 6.45) is 0.715. The van der Waals surface area contributed by atoms with Gasteiger partial charge < -0.3 is 12.6 Å². The summed E-state index contributed by atoms with van der Waals surface area (Å²) in [5.41, 5.74) is 1.16. The maximum Gasteiger partial charge on any atom is 0.192 e. The van der Waals surface area contributed by atoms with Crippen molar-refractivity contribution in [2.45, 2.75) is 6.42 Å². The average Bonchev–Trinajstić information content (AvgIpc) is 2.72. The SMILES string of the molecule is CN1CC[N+]2(CC1)N=C(Cc1ccc(Cl)cc1)N=C2[S-]. The fraction of sp³-hybridized carbons (Fsp3) is 0.429. The van der Waals surface area contributed by atoms with Crippen LogP contribution < -0.4 is 0 Å². The Kier molecular flexibility index (Phi) is 3.77. The summed E-state index contributed by atoms with van der Waals surface area (Å²) in [4.78, 5) is 6.81. The van der Waals surface area contributed by atoms with Gasteiger partial charge in [-0.3, -0.25) is 4.90 Å². The van der Waals surface area contributed by atoms with Crippen molar-refractivity contribution in [3.8, 4) is 0 Å². The van der Waals surface area contributed by atoms with Gasteiger partial charge in [-0.15, -0.1) is 0 Å². The van der Waals surface area contributed by atoms with E-state index in [0.29, 0.717) is 16.2 Å². The van der Waals surface area contributed by atoms with Crippen LogP contribution in [0.4, 0.5) is 0 Å². The van der Waals surface area contributed by atoms with Gasteiger partial charge in [0.05, 0.1) is 13.1 Å². The first-order valence-corrected chi connectivity index (χ1v) is 7.51. The molecule has 1 spiro atoms. The highest BCUT2D eigenvalue weighted by Gasteiger charge is 2.36. The first-order chi connectivity index (χ1) is 9.57. The van der Waals surface area contributed by atoms with Gasteiger partial charge in [0.25, 0.3) is 0 Å². The van der Waals surface area contributed by atoms with Gasteiger partial charge in [-0.25, -0.2) is 0 Å². The maximum absolute atomic E-state index is 5.90. The Labute approximate surface area is 129 Å². The van der Waals surface area contributed by atoms with Crippen LogP contribution in [0, 0.1) is 0 Å². The van der Waals surface area contributed by atoms with E-state index < -0.39 is 0 Å². The molecule has 1 fully saturated rings. The molecular formula is C14H17ClN4S. The maximum atomic E-state index is 5.90. The third kappa shape index (κ3) is 2.72. The monoisotopic (exact) mass is 308 g/mol. The van der Waals surface area contributed by atoms with Crippen molar-refractivity contribution >= 4 is 35.2 Å². The first kappa shape index (κ1) is 13.9. The van der Waals surface area contributed by atoms with E-state index in [1.807, 2.05) is 24.3 Å². The van der Waals surface area contributed by atoms with Crippen LogP contribution in [-0.2, 0) is 19.0 Å². The fourth-order valence-corrected chi connectivity index (χ4v) is 2.99. The van der Waals surface area contributed by atoms with E-state index in [4.69, 9.17) is 29.3 Å². The zero-order valence-electron chi connectivity index (χ0n) is 11.4. The number of likely N-dealkylation sites (N-methyl/N-ethyl adjacent to an activating group) is 1. The summed E-state index contributed by atoms with van der Waals surface area (Å²) in [5, 5.41) is 6.26. The number of benzene rings is 1. The zero-order valence-corrected chi connectivity index (χ0v) is 13.0. The molecule has 20 heavy (non-hydrogen) atoms. The van der Waals surface area contributed by atoms with Gasteiger partial charge in [-0.05, 0) is 24.7 Å². The first-order valence-electron chi connectivity index (χ1n) is 6.73. The highest BCUT2D eigenvalue weighted by molar-refractivity contribution is 7.76. The van der Waals surface area contributed by atoms with Gasteiger partial charge in [-0.1, -0.05) is 28.8 Å². The van der Waals surface area contributed by atoms with Crippen LogP contribution in [0.2, 0.25) is 5.02 Å².